The van der Waals surface area contributed by atoms with E-state index in [-0.39, 0.29) is 0 Å². The van der Waals surface area contributed by atoms with Crippen molar-refractivity contribution in [2.75, 3.05) is 7.11 Å². The molecule has 0 heterocycles. The van der Waals surface area contributed by atoms with Crippen molar-refractivity contribution in [2.45, 2.75) is 76.8 Å². The van der Waals surface area contributed by atoms with Crippen LogP contribution in [0.4, 0.5) is 0 Å². The Bertz CT molecular complexity index is 412. The lowest BCUT2D eigenvalue weighted by molar-refractivity contribution is 0.258. The number of para-hydroxylation sites is 1. The van der Waals surface area contributed by atoms with Gasteiger partial charge in [-0.3, -0.25) is 0 Å². The number of rotatable bonds is 9. The van der Waals surface area contributed by atoms with Crippen molar-refractivity contribution in [1.82, 2.24) is 5.32 Å². The van der Waals surface area contributed by atoms with Gasteiger partial charge in [-0.25, -0.2) is 0 Å². The summed E-state index contributed by atoms with van der Waals surface area (Å²) in [4.78, 5) is 0. The van der Waals surface area contributed by atoms with Gasteiger partial charge in [0.2, 0.25) is 0 Å². The van der Waals surface area contributed by atoms with Crippen LogP contribution in [-0.4, -0.2) is 19.2 Å². The first-order valence-corrected chi connectivity index (χ1v) is 8.63. The second kappa shape index (κ2) is 8.43. The molecule has 1 N–H and O–H groups in total. The normalized spacial score (nSPS) is 22.6. The number of hydrogen-bond donors (Lipinski definition) is 1. The van der Waals surface area contributed by atoms with Crippen LogP contribution in [0.15, 0.2) is 24.3 Å². The highest BCUT2D eigenvalue weighted by atomic mass is 16.5. The lowest BCUT2D eigenvalue weighted by Crippen LogP contribution is -2.44. The molecule has 21 heavy (non-hydrogen) atoms. The fraction of sp³-hybridized carbons (Fsp3) is 0.684. The molecule has 1 aromatic rings. The minimum atomic E-state index is 0.658. The molecule has 0 amide bonds. The summed E-state index contributed by atoms with van der Waals surface area (Å²) in [5.74, 6) is 1.72. The van der Waals surface area contributed by atoms with Gasteiger partial charge in [-0.1, -0.05) is 50.8 Å². The summed E-state index contributed by atoms with van der Waals surface area (Å²) < 4.78 is 5.47. The van der Waals surface area contributed by atoms with Crippen LogP contribution < -0.4 is 10.1 Å². The first-order chi connectivity index (χ1) is 10.2. The highest BCUT2D eigenvalue weighted by Crippen LogP contribution is 2.41. The molecular formula is C19H31NO. The largest absolute Gasteiger partial charge is 0.496 e. The summed E-state index contributed by atoms with van der Waals surface area (Å²) in [6.45, 7) is 4.61. The minimum absolute atomic E-state index is 0.658. The van der Waals surface area contributed by atoms with Crippen LogP contribution in [0.1, 0.15) is 70.3 Å². The Labute approximate surface area is 130 Å². The third-order valence-corrected chi connectivity index (χ3v) is 4.73. The first-order valence-electron chi connectivity index (χ1n) is 8.63. The summed E-state index contributed by atoms with van der Waals surface area (Å²) in [6, 6.07) is 9.82. The smallest absolute Gasteiger partial charge is 0.122 e. The molecule has 1 unspecified atom stereocenters. The third kappa shape index (κ3) is 4.74. The summed E-state index contributed by atoms with van der Waals surface area (Å²) in [7, 11) is 1.77. The van der Waals surface area contributed by atoms with E-state index in [1.807, 2.05) is 0 Å². The molecule has 1 aliphatic carbocycles. The van der Waals surface area contributed by atoms with Crippen molar-refractivity contribution in [1.29, 1.82) is 0 Å². The van der Waals surface area contributed by atoms with E-state index in [4.69, 9.17) is 4.74 Å². The zero-order chi connectivity index (χ0) is 15.1. The van der Waals surface area contributed by atoms with Crippen LogP contribution in [0.2, 0.25) is 0 Å². The Balaban J connectivity index is 1.69. The lowest BCUT2D eigenvalue weighted by Gasteiger charge is -2.38. The second-order valence-electron chi connectivity index (χ2n) is 6.52. The molecule has 1 fully saturated rings. The Morgan fingerprint density at radius 3 is 2.67 bits per heavy atom. The quantitative estimate of drug-likeness (QED) is 0.654. The van der Waals surface area contributed by atoms with Gasteiger partial charge >= 0.3 is 0 Å². The summed E-state index contributed by atoms with van der Waals surface area (Å²) in [5.41, 5.74) is 1.38. The van der Waals surface area contributed by atoms with E-state index in [2.05, 4.69) is 43.4 Å². The zero-order valence-electron chi connectivity index (χ0n) is 13.9. The van der Waals surface area contributed by atoms with E-state index in [0.717, 1.165) is 5.75 Å². The van der Waals surface area contributed by atoms with Gasteiger partial charge in [0.05, 0.1) is 7.11 Å². The molecule has 1 saturated carbocycles. The van der Waals surface area contributed by atoms with Crippen molar-refractivity contribution in [2.24, 2.45) is 0 Å². The molecule has 2 nitrogen and oxygen atoms in total. The highest BCUT2D eigenvalue weighted by Gasteiger charge is 2.32. The van der Waals surface area contributed by atoms with Crippen molar-refractivity contribution >= 4 is 0 Å². The number of hydrogen-bond acceptors (Lipinski definition) is 2. The van der Waals surface area contributed by atoms with Crippen LogP contribution in [0.3, 0.4) is 0 Å². The molecule has 1 aliphatic rings. The van der Waals surface area contributed by atoms with Crippen molar-refractivity contribution in [3.05, 3.63) is 29.8 Å². The van der Waals surface area contributed by atoms with E-state index >= 15 is 0 Å². The summed E-state index contributed by atoms with van der Waals surface area (Å²) >= 11 is 0. The van der Waals surface area contributed by atoms with E-state index < -0.39 is 0 Å². The number of nitrogens with one attached hydrogen (secondary N) is 1. The van der Waals surface area contributed by atoms with E-state index in [0.29, 0.717) is 18.0 Å². The second-order valence-corrected chi connectivity index (χ2v) is 6.52. The zero-order valence-corrected chi connectivity index (χ0v) is 13.9. The van der Waals surface area contributed by atoms with Crippen LogP contribution in [-0.2, 0) is 0 Å². The molecule has 118 valence electrons. The average molecular weight is 289 g/mol. The van der Waals surface area contributed by atoms with Gasteiger partial charge in [-0.2, -0.15) is 0 Å². The Morgan fingerprint density at radius 2 is 1.95 bits per heavy atom. The van der Waals surface area contributed by atoms with Crippen molar-refractivity contribution in [3.63, 3.8) is 0 Å². The summed E-state index contributed by atoms with van der Waals surface area (Å²) in [5, 5.41) is 3.79. The molecule has 0 saturated heterocycles. The molecule has 2 heteroatoms. The summed E-state index contributed by atoms with van der Waals surface area (Å²) in [6.07, 6.45) is 9.27. The van der Waals surface area contributed by atoms with Gasteiger partial charge in [0, 0.05) is 12.1 Å². The van der Waals surface area contributed by atoms with Gasteiger partial charge in [0.1, 0.15) is 5.75 Å². The molecule has 1 aromatic carbocycles. The number of unbranched alkanes of at least 4 members (excludes halogenated alkanes) is 3. The maximum atomic E-state index is 5.47. The van der Waals surface area contributed by atoms with Crippen LogP contribution in [0.5, 0.6) is 5.75 Å². The highest BCUT2D eigenvalue weighted by molar-refractivity contribution is 5.37. The Kier molecular flexibility index (Phi) is 6.56. The van der Waals surface area contributed by atoms with Gasteiger partial charge in [0.15, 0.2) is 0 Å². The van der Waals surface area contributed by atoms with Gasteiger partial charge in [-0.05, 0) is 43.7 Å². The molecule has 2 rings (SSSR count). The van der Waals surface area contributed by atoms with Gasteiger partial charge in [-0.15, -0.1) is 0 Å². The van der Waals surface area contributed by atoms with E-state index in [1.54, 1.807) is 7.11 Å². The standard InChI is InChI=1S/C19H31NO/c1-4-5-6-7-10-15(2)20-17-13-16(14-17)18-11-8-9-12-19(18)21-3/h8-9,11-12,15-17,20H,4-7,10,13-14H2,1-3H3. The number of methoxy groups -OCH3 is 1. The van der Waals surface area contributed by atoms with Crippen molar-refractivity contribution < 1.29 is 4.74 Å². The third-order valence-electron chi connectivity index (χ3n) is 4.73. The van der Waals surface area contributed by atoms with E-state index in [1.165, 1.54) is 50.5 Å². The van der Waals surface area contributed by atoms with Crippen LogP contribution >= 0.6 is 0 Å². The number of ether oxygens (including phenoxy) is 1. The lowest BCUT2D eigenvalue weighted by atomic mass is 9.75. The predicted octanol–water partition coefficient (Wildman–Crippen LogP) is 4.89. The molecule has 0 radical (unpaired) electrons. The fourth-order valence-corrected chi connectivity index (χ4v) is 3.37. The maximum absolute atomic E-state index is 5.47. The van der Waals surface area contributed by atoms with Gasteiger partial charge < -0.3 is 10.1 Å². The van der Waals surface area contributed by atoms with Crippen LogP contribution in [0.25, 0.3) is 0 Å². The monoisotopic (exact) mass is 289 g/mol. The fourth-order valence-electron chi connectivity index (χ4n) is 3.37. The topological polar surface area (TPSA) is 21.3 Å². The average Bonchev–Trinajstić information content (AvgIpc) is 2.47. The molecule has 0 bridgehead atoms. The van der Waals surface area contributed by atoms with Crippen molar-refractivity contribution in [3.8, 4) is 5.75 Å². The molecular weight excluding hydrogens is 258 g/mol. The van der Waals surface area contributed by atoms with Crippen LogP contribution in [0, 0.1) is 0 Å². The number of benzene rings is 1. The molecule has 0 aromatic heterocycles. The van der Waals surface area contributed by atoms with E-state index in [9.17, 15) is 0 Å². The minimum Gasteiger partial charge on any atom is -0.496 e. The molecule has 0 spiro atoms. The maximum Gasteiger partial charge on any atom is 0.122 e. The SMILES string of the molecule is CCCCCCC(C)NC1CC(c2ccccc2OC)C1. The molecule has 0 aliphatic heterocycles. The first kappa shape index (κ1) is 16.4. The van der Waals surface area contributed by atoms with Gasteiger partial charge in [0.25, 0.3) is 0 Å². The Morgan fingerprint density at radius 1 is 1.19 bits per heavy atom. The molecule has 1 atom stereocenters. The predicted molar refractivity (Wildman–Crippen MR) is 90.1 cm³/mol. The Hall–Kier alpha value is -1.02.